The molecule has 1 fully saturated rings. The van der Waals surface area contributed by atoms with E-state index in [0.29, 0.717) is 6.42 Å². The van der Waals surface area contributed by atoms with Gasteiger partial charge in [-0.3, -0.25) is 9.59 Å². The first-order chi connectivity index (χ1) is 11.0. The number of phenols is 3. The molecule has 5 heteroatoms. The Labute approximate surface area is 136 Å². The third kappa shape index (κ3) is 3.66. The number of ketones is 2. The number of benzene rings is 1. The van der Waals surface area contributed by atoms with Crippen molar-refractivity contribution in [3.8, 4) is 17.2 Å². The summed E-state index contributed by atoms with van der Waals surface area (Å²) < 4.78 is 0. The molecule has 2 rings (SSSR count). The Balaban J connectivity index is 2.39. The molecule has 1 saturated carbocycles. The molecule has 1 aromatic rings. The van der Waals surface area contributed by atoms with E-state index < -0.39 is 23.0 Å². The average molecular weight is 320 g/mol. The minimum absolute atomic E-state index is 0.180. The normalized spacial score (nSPS) is 15.5. The molecule has 3 N–H and O–H groups in total. The lowest BCUT2D eigenvalue weighted by Crippen LogP contribution is -2.19. The summed E-state index contributed by atoms with van der Waals surface area (Å²) in [5, 5.41) is 30.3. The van der Waals surface area contributed by atoms with Crippen LogP contribution in [0.5, 0.6) is 17.2 Å². The SMILES string of the molecule is CCCCC(=O)c1c(O)cc(O)c(C(=O)C2CCCCC2)c1O. The Morgan fingerprint density at radius 1 is 1.04 bits per heavy atom. The van der Waals surface area contributed by atoms with Gasteiger partial charge in [0, 0.05) is 18.4 Å². The van der Waals surface area contributed by atoms with Gasteiger partial charge in [-0.05, 0) is 19.3 Å². The van der Waals surface area contributed by atoms with Gasteiger partial charge in [-0.2, -0.15) is 0 Å². The highest BCUT2D eigenvalue weighted by Crippen LogP contribution is 2.41. The third-order valence-corrected chi connectivity index (χ3v) is 4.52. The molecule has 0 aliphatic heterocycles. The first-order valence-corrected chi connectivity index (χ1v) is 8.32. The topological polar surface area (TPSA) is 94.8 Å². The maximum atomic E-state index is 12.6. The molecular weight excluding hydrogens is 296 g/mol. The van der Waals surface area contributed by atoms with Crippen LogP contribution < -0.4 is 0 Å². The molecule has 0 amide bonds. The Hall–Kier alpha value is -2.04. The number of carbonyl (C=O) groups excluding carboxylic acids is 2. The number of rotatable bonds is 6. The van der Waals surface area contributed by atoms with E-state index in [1.807, 2.05) is 6.92 Å². The number of hydrogen-bond donors (Lipinski definition) is 3. The van der Waals surface area contributed by atoms with E-state index in [9.17, 15) is 24.9 Å². The van der Waals surface area contributed by atoms with E-state index >= 15 is 0 Å². The lowest BCUT2D eigenvalue weighted by Gasteiger charge is -2.21. The molecule has 0 bridgehead atoms. The van der Waals surface area contributed by atoms with Gasteiger partial charge in [0.15, 0.2) is 11.6 Å². The Morgan fingerprint density at radius 3 is 2.26 bits per heavy atom. The minimum Gasteiger partial charge on any atom is -0.507 e. The molecule has 0 aromatic heterocycles. The van der Waals surface area contributed by atoms with Gasteiger partial charge in [-0.1, -0.05) is 32.6 Å². The summed E-state index contributed by atoms with van der Waals surface area (Å²) in [5.74, 6) is -2.55. The maximum absolute atomic E-state index is 12.6. The van der Waals surface area contributed by atoms with Crippen LogP contribution >= 0.6 is 0 Å². The van der Waals surface area contributed by atoms with Crippen LogP contribution in [0.1, 0.15) is 79.0 Å². The first-order valence-electron chi connectivity index (χ1n) is 8.32. The van der Waals surface area contributed by atoms with Crippen LogP contribution in [-0.2, 0) is 0 Å². The highest BCUT2D eigenvalue weighted by Gasteiger charge is 2.31. The van der Waals surface area contributed by atoms with Crippen LogP contribution in [0.4, 0.5) is 0 Å². The lowest BCUT2D eigenvalue weighted by atomic mass is 9.82. The van der Waals surface area contributed by atoms with Crippen molar-refractivity contribution in [2.45, 2.75) is 58.3 Å². The molecule has 0 atom stereocenters. The van der Waals surface area contributed by atoms with Crippen molar-refractivity contribution >= 4 is 11.6 Å². The molecule has 0 spiro atoms. The Bertz CT molecular complexity index is 600. The zero-order chi connectivity index (χ0) is 17.0. The Kier molecular flexibility index (Phi) is 5.64. The van der Waals surface area contributed by atoms with E-state index in [1.165, 1.54) is 0 Å². The summed E-state index contributed by atoms with van der Waals surface area (Å²) >= 11 is 0. The summed E-state index contributed by atoms with van der Waals surface area (Å²) in [5.41, 5.74) is -0.482. The van der Waals surface area contributed by atoms with Crippen LogP contribution in [0.25, 0.3) is 0 Å². The molecule has 0 saturated heterocycles. The number of unbranched alkanes of at least 4 members (excludes halogenated alkanes) is 1. The van der Waals surface area contributed by atoms with Gasteiger partial charge in [-0.25, -0.2) is 0 Å². The molecule has 0 radical (unpaired) electrons. The minimum atomic E-state index is -0.584. The summed E-state index contributed by atoms with van der Waals surface area (Å²) in [4.78, 5) is 24.8. The highest BCUT2D eigenvalue weighted by molar-refractivity contribution is 6.09. The quantitative estimate of drug-likeness (QED) is 0.690. The van der Waals surface area contributed by atoms with Gasteiger partial charge >= 0.3 is 0 Å². The zero-order valence-corrected chi connectivity index (χ0v) is 13.5. The van der Waals surface area contributed by atoms with Gasteiger partial charge < -0.3 is 15.3 Å². The van der Waals surface area contributed by atoms with Crippen molar-refractivity contribution in [1.82, 2.24) is 0 Å². The van der Waals surface area contributed by atoms with Gasteiger partial charge in [0.05, 0.1) is 0 Å². The van der Waals surface area contributed by atoms with E-state index in [-0.39, 0.29) is 29.2 Å². The maximum Gasteiger partial charge on any atom is 0.173 e. The van der Waals surface area contributed by atoms with Crippen LogP contribution in [0.2, 0.25) is 0 Å². The fourth-order valence-electron chi connectivity index (χ4n) is 3.19. The van der Waals surface area contributed by atoms with Crippen LogP contribution in [0.3, 0.4) is 0 Å². The lowest BCUT2D eigenvalue weighted by molar-refractivity contribution is 0.0883. The monoisotopic (exact) mass is 320 g/mol. The molecule has 5 nitrogen and oxygen atoms in total. The summed E-state index contributed by atoms with van der Waals surface area (Å²) in [6.45, 7) is 1.93. The van der Waals surface area contributed by atoms with Crippen molar-refractivity contribution in [2.24, 2.45) is 5.92 Å². The second kappa shape index (κ2) is 7.49. The summed E-state index contributed by atoms with van der Waals surface area (Å²) in [7, 11) is 0. The van der Waals surface area contributed by atoms with Crippen LogP contribution in [0.15, 0.2) is 6.07 Å². The number of hydrogen-bond acceptors (Lipinski definition) is 5. The fourth-order valence-corrected chi connectivity index (χ4v) is 3.19. The predicted molar refractivity (Wildman–Crippen MR) is 86.2 cm³/mol. The van der Waals surface area contributed by atoms with E-state index in [4.69, 9.17) is 0 Å². The predicted octanol–water partition coefficient (Wildman–Crippen LogP) is 3.94. The molecule has 126 valence electrons. The molecule has 23 heavy (non-hydrogen) atoms. The standard InChI is InChI=1S/C18H24O5/c1-2-3-9-12(19)15-13(20)10-14(21)16(18(15)23)17(22)11-7-5-4-6-8-11/h10-11,20-21,23H,2-9H2,1H3. The van der Waals surface area contributed by atoms with Gasteiger partial charge in [0.2, 0.25) is 0 Å². The number of Topliss-reactive ketones (excluding diaryl/α,β-unsaturated/α-hetero) is 2. The van der Waals surface area contributed by atoms with Gasteiger partial charge in [0.1, 0.15) is 28.4 Å². The van der Waals surface area contributed by atoms with Crippen molar-refractivity contribution < 1.29 is 24.9 Å². The van der Waals surface area contributed by atoms with Crippen LogP contribution in [0, 0.1) is 5.92 Å². The zero-order valence-electron chi connectivity index (χ0n) is 13.5. The average Bonchev–Trinajstić information content (AvgIpc) is 2.53. The summed E-state index contributed by atoms with van der Waals surface area (Å²) in [6, 6.07) is 0.981. The number of phenolic OH excluding ortho intramolecular Hbond substituents is 3. The third-order valence-electron chi connectivity index (χ3n) is 4.52. The molecule has 0 unspecified atom stereocenters. The van der Waals surface area contributed by atoms with Crippen molar-refractivity contribution in [1.29, 1.82) is 0 Å². The summed E-state index contributed by atoms with van der Waals surface area (Å²) in [6.07, 6.45) is 6.02. The number of aromatic hydroxyl groups is 3. The molecule has 0 heterocycles. The van der Waals surface area contributed by atoms with Crippen molar-refractivity contribution in [3.63, 3.8) is 0 Å². The highest BCUT2D eigenvalue weighted by atomic mass is 16.3. The fraction of sp³-hybridized carbons (Fsp3) is 0.556. The second-order valence-corrected chi connectivity index (χ2v) is 6.24. The smallest absolute Gasteiger partial charge is 0.173 e. The van der Waals surface area contributed by atoms with Crippen molar-refractivity contribution in [3.05, 3.63) is 17.2 Å². The Morgan fingerprint density at radius 2 is 1.65 bits per heavy atom. The molecule has 1 aliphatic rings. The van der Waals surface area contributed by atoms with E-state index in [2.05, 4.69) is 0 Å². The molecular formula is C18H24O5. The largest absolute Gasteiger partial charge is 0.507 e. The van der Waals surface area contributed by atoms with Crippen LogP contribution in [-0.4, -0.2) is 26.9 Å². The molecule has 1 aromatic carbocycles. The number of carbonyl (C=O) groups is 2. The van der Waals surface area contributed by atoms with Crippen molar-refractivity contribution in [2.75, 3.05) is 0 Å². The van der Waals surface area contributed by atoms with E-state index in [1.54, 1.807) is 0 Å². The van der Waals surface area contributed by atoms with Gasteiger partial charge in [-0.15, -0.1) is 0 Å². The second-order valence-electron chi connectivity index (χ2n) is 6.24. The van der Waals surface area contributed by atoms with E-state index in [0.717, 1.165) is 44.6 Å². The first kappa shape index (κ1) is 17.3. The molecule has 1 aliphatic carbocycles. The van der Waals surface area contributed by atoms with Gasteiger partial charge in [0.25, 0.3) is 0 Å².